The molecule has 2 heterocycles. The maximum Gasteiger partial charge on any atom is 0.295 e. The van der Waals surface area contributed by atoms with Gasteiger partial charge >= 0.3 is 0 Å². The zero-order valence-corrected chi connectivity index (χ0v) is 19.0. The number of likely N-dealkylation sites (tertiary alicyclic amines) is 1. The van der Waals surface area contributed by atoms with Gasteiger partial charge in [-0.25, -0.2) is 0 Å². The average molecular weight is 460 g/mol. The molecule has 1 amide bonds. The summed E-state index contributed by atoms with van der Waals surface area (Å²) in [6, 6.07) is 12.3. The standard InChI is InChI=1S/C26H24N2O6/c1-15-11-18(33-2)7-8-19(15)24(30)22-23(17-6-9-20(29)21(12-17)34-3)28(26(32)25(22)31)14-16-5-4-10-27-13-16/h4-13,23,29-30H,14H2,1-3H3/t23-/m1/s1. The number of carbonyl (C=O) groups excluding carboxylic acids is 2. The van der Waals surface area contributed by atoms with Crippen LogP contribution in [0.25, 0.3) is 5.76 Å². The molecule has 174 valence electrons. The first-order chi connectivity index (χ1) is 16.3. The molecule has 8 heteroatoms. The second-order valence-electron chi connectivity index (χ2n) is 7.90. The number of aryl methyl sites for hydroxylation is 1. The van der Waals surface area contributed by atoms with Gasteiger partial charge in [-0.2, -0.15) is 0 Å². The molecule has 0 unspecified atom stereocenters. The van der Waals surface area contributed by atoms with Crippen molar-refractivity contribution in [1.29, 1.82) is 0 Å². The number of phenolic OH excluding ortho intramolecular Hbond substituents is 1. The quantitative estimate of drug-likeness (QED) is 0.328. The van der Waals surface area contributed by atoms with Crippen molar-refractivity contribution in [1.82, 2.24) is 9.88 Å². The molecule has 1 atom stereocenters. The van der Waals surface area contributed by atoms with Crippen LogP contribution in [0.2, 0.25) is 0 Å². The summed E-state index contributed by atoms with van der Waals surface area (Å²) in [6.45, 7) is 1.88. The Labute approximate surface area is 196 Å². The lowest BCUT2D eigenvalue weighted by molar-refractivity contribution is -0.140. The zero-order valence-electron chi connectivity index (χ0n) is 19.0. The van der Waals surface area contributed by atoms with Crippen LogP contribution in [-0.2, 0) is 16.1 Å². The van der Waals surface area contributed by atoms with Crippen molar-refractivity contribution in [2.75, 3.05) is 14.2 Å². The molecule has 0 bridgehead atoms. The van der Waals surface area contributed by atoms with Gasteiger partial charge in [0, 0.05) is 24.5 Å². The number of ether oxygens (including phenoxy) is 2. The van der Waals surface area contributed by atoms with Crippen LogP contribution in [0.15, 0.2) is 66.5 Å². The van der Waals surface area contributed by atoms with Crippen LogP contribution >= 0.6 is 0 Å². The second kappa shape index (κ2) is 9.27. The number of rotatable bonds is 6. The van der Waals surface area contributed by atoms with Gasteiger partial charge in [-0.3, -0.25) is 14.6 Å². The Morgan fingerprint density at radius 1 is 1.09 bits per heavy atom. The number of nitrogens with zero attached hydrogens (tertiary/aromatic N) is 2. The maximum absolute atomic E-state index is 13.2. The predicted octanol–water partition coefficient (Wildman–Crippen LogP) is 3.73. The molecule has 2 N–H and O–H groups in total. The van der Waals surface area contributed by atoms with Gasteiger partial charge in [-0.05, 0) is 60.0 Å². The van der Waals surface area contributed by atoms with Gasteiger partial charge in [0.1, 0.15) is 11.5 Å². The third-order valence-corrected chi connectivity index (χ3v) is 5.82. The summed E-state index contributed by atoms with van der Waals surface area (Å²) >= 11 is 0. The lowest BCUT2D eigenvalue weighted by Crippen LogP contribution is -2.29. The molecular weight excluding hydrogens is 436 g/mol. The van der Waals surface area contributed by atoms with Gasteiger partial charge in [-0.15, -0.1) is 0 Å². The fraction of sp³-hybridized carbons (Fsp3) is 0.192. The minimum absolute atomic E-state index is 0.0464. The molecule has 8 nitrogen and oxygen atoms in total. The molecular formula is C26H24N2O6. The molecule has 2 aromatic carbocycles. The van der Waals surface area contributed by atoms with Crippen LogP contribution < -0.4 is 9.47 Å². The molecule has 1 fully saturated rings. The smallest absolute Gasteiger partial charge is 0.295 e. The van der Waals surface area contributed by atoms with Crippen LogP contribution in [0.5, 0.6) is 17.2 Å². The van der Waals surface area contributed by atoms with E-state index in [0.717, 1.165) is 5.56 Å². The highest BCUT2D eigenvalue weighted by molar-refractivity contribution is 6.46. The molecule has 1 saturated heterocycles. The number of methoxy groups -OCH3 is 2. The number of aromatic hydroxyl groups is 1. The number of hydrogen-bond donors (Lipinski definition) is 2. The Bertz CT molecular complexity index is 1290. The Morgan fingerprint density at radius 3 is 2.53 bits per heavy atom. The molecule has 1 aromatic heterocycles. The van der Waals surface area contributed by atoms with Crippen molar-refractivity contribution in [3.63, 3.8) is 0 Å². The van der Waals surface area contributed by atoms with Crippen LogP contribution in [-0.4, -0.2) is 46.0 Å². The first kappa shape index (κ1) is 22.8. The van der Waals surface area contributed by atoms with Crippen LogP contribution in [0, 0.1) is 6.92 Å². The largest absolute Gasteiger partial charge is 0.507 e. The first-order valence-corrected chi connectivity index (χ1v) is 10.5. The minimum Gasteiger partial charge on any atom is -0.507 e. The molecule has 0 spiro atoms. The summed E-state index contributed by atoms with van der Waals surface area (Å²) in [5.74, 6) is -1.12. The lowest BCUT2D eigenvalue weighted by Gasteiger charge is -2.26. The number of hydrogen-bond acceptors (Lipinski definition) is 7. The van der Waals surface area contributed by atoms with E-state index in [0.29, 0.717) is 22.4 Å². The van der Waals surface area contributed by atoms with Crippen LogP contribution in [0.1, 0.15) is 28.3 Å². The summed E-state index contributed by atoms with van der Waals surface area (Å²) in [5.41, 5.74) is 2.27. The lowest BCUT2D eigenvalue weighted by atomic mass is 9.93. The Balaban J connectivity index is 1.91. The zero-order chi connectivity index (χ0) is 24.4. The number of carbonyl (C=O) groups is 2. The highest BCUT2D eigenvalue weighted by atomic mass is 16.5. The Morgan fingerprint density at radius 2 is 1.88 bits per heavy atom. The molecule has 1 aliphatic heterocycles. The van der Waals surface area contributed by atoms with Gasteiger partial charge in [0.2, 0.25) is 0 Å². The summed E-state index contributed by atoms with van der Waals surface area (Å²) in [4.78, 5) is 31.9. The van der Waals surface area contributed by atoms with Gasteiger partial charge in [0.25, 0.3) is 11.7 Å². The predicted molar refractivity (Wildman–Crippen MR) is 124 cm³/mol. The normalized spacial score (nSPS) is 17.1. The van der Waals surface area contributed by atoms with Crippen LogP contribution in [0.3, 0.4) is 0 Å². The monoisotopic (exact) mass is 460 g/mol. The van der Waals surface area contributed by atoms with E-state index < -0.39 is 17.7 Å². The van der Waals surface area contributed by atoms with E-state index in [-0.39, 0.29) is 29.4 Å². The number of pyridine rings is 1. The van der Waals surface area contributed by atoms with Gasteiger partial charge < -0.3 is 24.6 Å². The molecule has 0 aliphatic carbocycles. The molecule has 4 rings (SSSR count). The van der Waals surface area contributed by atoms with E-state index in [4.69, 9.17) is 9.47 Å². The van der Waals surface area contributed by atoms with Crippen molar-refractivity contribution >= 4 is 17.4 Å². The second-order valence-corrected chi connectivity index (χ2v) is 7.90. The summed E-state index contributed by atoms with van der Waals surface area (Å²) in [5, 5.41) is 21.4. The Hall–Kier alpha value is -4.33. The third-order valence-electron chi connectivity index (χ3n) is 5.82. The number of aromatic nitrogens is 1. The summed E-state index contributed by atoms with van der Waals surface area (Å²) in [7, 11) is 2.95. The number of Topliss-reactive ketones (excluding diaryl/α,β-unsaturated/α-hetero) is 1. The minimum atomic E-state index is -0.906. The van der Waals surface area contributed by atoms with Crippen molar-refractivity contribution in [2.24, 2.45) is 0 Å². The van der Waals surface area contributed by atoms with Crippen molar-refractivity contribution < 1.29 is 29.3 Å². The number of aliphatic hydroxyl groups is 1. The SMILES string of the molecule is COc1ccc(C(O)=C2C(=O)C(=O)N(Cc3cccnc3)[C@@H]2c2ccc(O)c(OC)c2)c(C)c1. The molecule has 0 radical (unpaired) electrons. The van der Waals surface area contributed by atoms with E-state index >= 15 is 0 Å². The van der Waals surface area contributed by atoms with E-state index in [2.05, 4.69) is 4.98 Å². The first-order valence-electron chi connectivity index (χ1n) is 10.5. The van der Waals surface area contributed by atoms with Crippen molar-refractivity contribution in [2.45, 2.75) is 19.5 Å². The molecule has 3 aromatic rings. The highest BCUT2D eigenvalue weighted by Gasteiger charge is 2.46. The maximum atomic E-state index is 13.2. The number of phenols is 1. The van der Waals surface area contributed by atoms with E-state index in [1.807, 2.05) is 0 Å². The topological polar surface area (TPSA) is 109 Å². The van der Waals surface area contributed by atoms with E-state index in [1.54, 1.807) is 61.8 Å². The van der Waals surface area contributed by atoms with Crippen molar-refractivity contribution in [3.8, 4) is 17.2 Å². The number of amides is 1. The average Bonchev–Trinajstić information content (AvgIpc) is 3.09. The molecule has 1 aliphatic rings. The number of aliphatic hydroxyl groups excluding tert-OH is 1. The molecule has 0 saturated carbocycles. The van der Waals surface area contributed by atoms with Crippen LogP contribution in [0.4, 0.5) is 0 Å². The third kappa shape index (κ3) is 4.05. The Kier molecular flexibility index (Phi) is 6.23. The van der Waals surface area contributed by atoms with Gasteiger partial charge in [0.15, 0.2) is 11.5 Å². The van der Waals surface area contributed by atoms with E-state index in [9.17, 15) is 19.8 Å². The fourth-order valence-corrected chi connectivity index (χ4v) is 4.12. The van der Waals surface area contributed by atoms with E-state index in [1.165, 1.54) is 25.2 Å². The molecule has 34 heavy (non-hydrogen) atoms. The number of benzene rings is 2. The van der Waals surface area contributed by atoms with Crippen molar-refractivity contribution in [3.05, 3.63) is 88.8 Å². The summed E-state index contributed by atoms with van der Waals surface area (Å²) < 4.78 is 10.5. The van der Waals surface area contributed by atoms with Gasteiger partial charge in [0.05, 0.1) is 25.8 Å². The highest BCUT2D eigenvalue weighted by Crippen LogP contribution is 2.43. The fourth-order valence-electron chi connectivity index (χ4n) is 4.12. The summed E-state index contributed by atoms with van der Waals surface area (Å²) in [6.07, 6.45) is 3.23. The number of ketones is 1. The van der Waals surface area contributed by atoms with Gasteiger partial charge in [-0.1, -0.05) is 12.1 Å².